The third-order valence-corrected chi connectivity index (χ3v) is 3.49. The van der Waals surface area contributed by atoms with E-state index < -0.39 is 5.97 Å². The number of ether oxygens (including phenoxy) is 3. The first kappa shape index (κ1) is 19.1. The molecule has 6 nitrogen and oxygen atoms in total. The van der Waals surface area contributed by atoms with Gasteiger partial charge in [0.25, 0.3) is 5.91 Å². The number of hydrogen-bond acceptors (Lipinski definition) is 5. The highest BCUT2D eigenvalue weighted by molar-refractivity contribution is 5.92. The van der Waals surface area contributed by atoms with E-state index in [0.717, 1.165) is 11.1 Å². The van der Waals surface area contributed by atoms with E-state index in [1.54, 1.807) is 24.3 Å². The van der Waals surface area contributed by atoms with E-state index in [0.29, 0.717) is 17.2 Å². The van der Waals surface area contributed by atoms with Gasteiger partial charge in [-0.05, 0) is 42.8 Å². The van der Waals surface area contributed by atoms with E-state index in [4.69, 9.17) is 9.47 Å². The fraction of sp³-hybridized carbons (Fsp3) is 0.200. The first-order chi connectivity index (χ1) is 12.5. The minimum atomic E-state index is -0.447. The molecule has 0 aliphatic carbocycles. The number of anilines is 1. The van der Waals surface area contributed by atoms with Gasteiger partial charge in [0.1, 0.15) is 0 Å². The molecule has 0 aliphatic rings. The number of esters is 1. The highest BCUT2D eigenvalue weighted by Crippen LogP contribution is 2.28. The summed E-state index contributed by atoms with van der Waals surface area (Å²) in [6.45, 7) is 1.83. The van der Waals surface area contributed by atoms with Crippen molar-refractivity contribution in [1.82, 2.24) is 0 Å². The maximum absolute atomic E-state index is 12.0. The molecule has 0 saturated heterocycles. The van der Waals surface area contributed by atoms with E-state index in [2.05, 4.69) is 10.1 Å². The fourth-order valence-electron chi connectivity index (χ4n) is 2.12. The van der Waals surface area contributed by atoms with Gasteiger partial charge < -0.3 is 19.5 Å². The molecular weight excluding hydrogens is 334 g/mol. The SMILES string of the molecule is COC(=O)/C=C/c1ccc(OCC(=O)Nc2ccc(C)cc2)c(OC)c1. The summed E-state index contributed by atoms with van der Waals surface area (Å²) in [5, 5.41) is 2.76. The maximum Gasteiger partial charge on any atom is 0.330 e. The van der Waals surface area contributed by atoms with Gasteiger partial charge in [-0.1, -0.05) is 23.8 Å². The van der Waals surface area contributed by atoms with Gasteiger partial charge in [0.2, 0.25) is 0 Å². The van der Waals surface area contributed by atoms with Crippen LogP contribution in [0.25, 0.3) is 6.08 Å². The predicted octanol–water partition coefficient (Wildman–Crippen LogP) is 3.21. The van der Waals surface area contributed by atoms with Crippen LogP contribution < -0.4 is 14.8 Å². The van der Waals surface area contributed by atoms with E-state index >= 15 is 0 Å². The molecule has 0 aliphatic heterocycles. The van der Waals surface area contributed by atoms with E-state index in [1.165, 1.54) is 20.3 Å². The number of carbonyl (C=O) groups excluding carboxylic acids is 2. The van der Waals surface area contributed by atoms with Crippen molar-refractivity contribution in [3.63, 3.8) is 0 Å². The number of rotatable bonds is 7. The molecule has 0 heterocycles. The standard InChI is InChI=1S/C20H21NO5/c1-14-4-8-16(9-5-14)21-19(22)13-26-17-10-6-15(12-18(17)24-2)7-11-20(23)25-3/h4-12H,13H2,1-3H3,(H,21,22)/b11-7+. The van der Waals surface area contributed by atoms with Crippen LogP contribution in [0.5, 0.6) is 11.5 Å². The van der Waals surface area contributed by atoms with Crippen LogP contribution in [0.4, 0.5) is 5.69 Å². The summed E-state index contributed by atoms with van der Waals surface area (Å²) in [6, 6.07) is 12.6. The van der Waals surface area contributed by atoms with Gasteiger partial charge >= 0.3 is 5.97 Å². The Kier molecular flexibility index (Phi) is 6.79. The average Bonchev–Trinajstić information content (AvgIpc) is 2.66. The second-order valence-corrected chi connectivity index (χ2v) is 5.47. The van der Waals surface area contributed by atoms with Gasteiger partial charge in [0.05, 0.1) is 14.2 Å². The molecule has 136 valence electrons. The first-order valence-electron chi connectivity index (χ1n) is 7.95. The highest BCUT2D eigenvalue weighted by Gasteiger charge is 2.09. The maximum atomic E-state index is 12.0. The van der Waals surface area contributed by atoms with Crippen molar-refractivity contribution in [2.75, 3.05) is 26.1 Å². The van der Waals surface area contributed by atoms with Crippen LogP contribution in [-0.2, 0) is 14.3 Å². The van der Waals surface area contributed by atoms with Crippen molar-refractivity contribution in [3.8, 4) is 11.5 Å². The molecule has 0 unspecified atom stereocenters. The minimum Gasteiger partial charge on any atom is -0.493 e. The lowest BCUT2D eigenvalue weighted by molar-refractivity contribution is -0.134. The molecule has 0 spiro atoms. The lowest BCUT2D eigenvalue weighted by atomic mass is 10.2. The topological polar surface area (TPSA) is 73.9 Å². The number of nitrogens with one attached hydrogen (secondary N) is 1. The Bertz CT molecular complexity index is 796. The van der Waals surface area contributed by atoms with Crippen LogP contribution in [0.15, 0.2) is 48.5 Å². The van der Waals surface area contributed by atoms with Crippen molar-refractivity contribution in [3.05, 3.63) is 59.7 Å². The third-order valence-electron chi connectivity index (χ3n) is 3.49. The molecule has 0 atom stereocenters. The van der Waals surface area contributed by atoms with Crippen molar-refractivity contribution in [2.45, 2.75) is 6.92 Å². The van der Waals surface area contributed by atoms with Crippen LogP contribution in [0.3, 0.4) is 0 Å². The zero-order valence-electron chi connectivity index (χ0n) is 14.9. The number of aryl methyl sites for hydroxylation is 1. The smallest absolute Gasteiger partial charge is 0.330 e. The van der Waals surface area contributed by atoms with Crippen molar-refractivity contribution in [2.24, 2.45) is 0 Å². The Balaban J connectivity index is 1.97. The predicted molar refractivity (Wildman–Crippen MR) is 99.3 cm³/mol. The van der Waals surface area contributed by atoms with Gasteiger partial charge in [0, 0.05) is 11.8 Å². The van der Waals surface area contributed by atoms with Gasteiger partial charge in [0.15, 0.2) is 18.1 Å². The number of benzene rings is 2. The van der Waals surface area contributed by atoms with Crippen LogP contribution in [-0.4, -0.2) is 32.7 Å². The van der Waals surface area contributed by atoms with E-state index in [9.17, 15) is 9.59 Å². The van der Waals surface area contributed by atoms with Crippen LogP contribution >= 0.6 is 0 Å². The zero-order valence-corrected chi connectivity index (χ0v) is 14.9. The molecule has 0 aromatic heterocycles. The normalized spacial score (nSPS) is 10.4. The molecule has 2 aromatic rings. The fourth-order valence-corrected chi connectivity index (χ4v) is 2.12. The minimum absolute atomic E-state index is 0.151. The van der Waals surface area contributed by atoms with E-state index in [1.807, 2.05) is 31.2 Å². The van der Waals surface area contributed by atoms with E-state index in [-0.39, 0.29) is 12.5 Å². The summed E-state index contributed by atoms with van der Waals surface area (Å²) in [5.41, 5.74) is 2.56. The summed E-state index contributed by atoms with van der Waals surface area (Å²) < 4.78 is 15.4. The van der Waals surface area contributed by atoms with Gasteiger partial charge in [-0.25, -0.2) is 4.79 Å². The molecular formula is C20H21NO5. The Morgan fingerprint density at radius 1 is 1.04 bits per heavy atom. The molecule has 26 heavy (non-hydrogen) atoms. The van der Waals surface area contributed by atoms with Crippen LogP contribution in [0.2, 0.25) is 0 Å². The molecule has 0 radical (unpaired) electrons. The van der Waals surface area contributed by atoms with Gasteiger partial charge in [-0.3, -0.25) is 4.79 Å². The summed E-state index contributed by atoms with van der Waals surface area (Å²) >= 11 is 0. The summed E-state index contributed by atoms with van der Waals surface area (Å²) in [7, 11) is 2.81. The molecule has 6 heteroatoms. The van der Waals surface area contributed by atoms with Gasteiger partial charge in [-0.15, -0.1) is 0 Å². The number of methoxy groups -OCH3 is 2. The quantitative estimate of drug-likeness (QED) is 0.610. The third kappa shape index (κ3) is 5.66. The Morgan fingerprint density at radius 3 is 2.42 bits per heavy atom. The number of hydrogen-bond donors (Lipinski definition) is 1. The monoisotopic (exact) mass is 355 g/mol. The Morgan fingerprint density at radius 2 is 1.77 bits per heavy atom. The molecule has 1 N–H and O–H groups in total. The first-order valence-corrected chi connectivity index (χ1v) is 7.95. The zero-order chi connectivity index (χ0) is 18.9. The molecule has 2 rings (SSSR count). The Labute approximate surface area is 152 Å². The van der Waals surface area contributed by atoms with Crippen molar-refractivity contribution < 1.29 is 23.8 Å². The lowest BCUT2D eigenvalue weighted by Crippen LogP contribution is -2.20. The average molecular weight is 355 g/mol. The lowest BCUT2D eigenvalue weighted by Gasteiger charge is -2.11. The molecule has 1 amide bonds. The molecule has 2 aromatic carbocycles. The van der Waals surface area contributed by atoms with Crippen molar-refractivity contribution in [1.29, 1.82) is 0 Å². The molecule has 0 saturated carbocycles. The second kappa shape index (κ2) is 9.27. The summed E-state index contributed by atoms with van der Waals surface area (Å²) in [4.78, 5) is 23.2. The number of amides is 1. The Hall–Kier alpha value is -3.28. The van der Waals surface area contributed by atoms with Gasteiger partial charge in [-0.2, -0.15) is 0 Å². The van der Waals surface area contributed by atoms with Crippen molar-refractivity contribution >= 4 is 23.6 Å². The second-order valence-electron chi connectivity index (χ2n) is 5.47. The molecule has 0 fully saturated rings. The largest absolute Gasteiger partial charge is 0.493 e. The summed E-state index contributed by atoms with van der Waals surface area (Å²) in [5.74, 6) is 0.171. The highest BCUT2D eigenvalue weighted by atomic mass is 16.5. The number of carbonyl (C=O) groups is 2. The van der Waals surface area contributed by atoms with Crippen LogP contribution in [0, 0.1) is 6.92 Å². The molecule has 0 bridgehead atoms. The van der Waals surface area contributed by atoms with Crippen LogP contribution in [0.1, 0.15) is 11.1 Å². The summed E-state index contributed by atoms with van der Waals surface area (Å²) in [6.07, 6.45) is 2.91.